The number of hydrogen-bond donors (Lipinski definition) is 1. The van der Waals surface area contributed by atoms with Crippen molar-refractivity contribution in [2.45, 2.75) is 45.5 Å². The zero-order chi connectivity index (χ0) is 25.2. The number of nitrogens with one attached hydrogen (secondary N) is 1. The lowest BCUT2D eigenvalue weighted by Crippen LogP contribution is -2.40. The summed E-state index contributed by atoms with van der Waals surface area (Å²) in [6, 6.07) is 6.21. The lowest BCUT2D eigenvalue weighted by Gasteiger charge is -2.33. The van der Waals surface area contributed by atoms with Gasteiger partial charge < -0.3 is 29.3 Å². The fourth-order valence-electron chi connectivity index (χ4n) is 3.84. The molecule has 12 heteroatoms. The number of anilines is 3. The average molecular weight is 494 g/mol. The number of carbonyl (C=O) groups excluding carboxylic acids is 1. The van der Waals surface area contributed by atoms with Crippen LogP contribution < -0.4 is 19.7 Å². The summed E-state index contributed by atoms with van der Waals surface area (Å²) < 4.78 is 40.6. The number of aromatic nitrogens is 2. The Morgan fingerprint density at radius 2 is 1.91 bits per heavy atom. The molecule has 10 nitrogen and oxygen atoms in total. The lowest BCUT2D eigenvalue weighted by atomic mass is 9.97. The number of piperidine rings is 1. The molecule has 2 aliphatic rings. The topological polar surface area (TPSA) is 98.3 Å². The van der Waals surface area contributed by atoms with Gasteiger partial charge in [-0.1, -0.05) is 0 Å². The largest absolute Gasteiger partial charge is 0.586 e. The first-order chi connectivity index (χ1) is 16.5. The first kappa shape index (κ1) is 24.7. The summed E-state index contributed by atoms with van der Waals surface area (Å²) in [5.74, 6) is 1.54. The number of fused-ring (bicyclic) bond motifs is 1. The molecule has 0 spiro atoms. The predicted octanol–water partition coefficient (Wildman–Crippen LogP) is 4.56. The Balaban J connectivity index is 1.28. The van der Waals surface area contributed by atoms with E-state index in [1.807, 2.05) is 11.9 Å². The van der Waals surface area contributed by atoms with Crippen molar-refractivity contribution in [3.8, 4) is 11.5 Å². The summed E-state index contributed by atoms with van der Waals surface area (Å²) in [6.45, 7) is 7.38. The molecule has 190 valence electrons. The smallest absolute Gasteiger partial charge is 0.427 e. The van der Waals surface area contributed by atoms with Gasteiger partial charge in [0.15, 0.2) is 11.5 Å². The van der Waals surface area contributed by atoms with Crippen LogP contribution in [0.4, 0.5) is 30.9 Å². The molecule has 3 heterocycles. The Bertz CT molecular complexity index is 1060. The van der Waals surface area contributed by atoms with Gasteiger partial charge in [0.2, 0.25) is 0 Å². The Morgan fingerprint density at radius 1 is 1.20 bits per heavy atom. The van der Waals surface area contributed by atoms with Crippen molar-refractivity contribution in [2.75, 3.05) is 36.9 Å². The van der Waals surface area contributed by atoms with Crippen molar-refractivity contribution < 1.29 is 32.6 Å². The zero-order valence-corrected chi connectivity index (χ0v) is 20.1. The van der Waals surface area contributed by atoms with Gasteiger partial charge in [0.25, 0.3) is 0 Å². The number of carbonyl (C=O) groups is 1. The summed E-state index contributed by atoms with van der Waals surface area (Å²) in [4.78, 5) is 27.7. The Morgan fingerprint density at radius 3 is 2.63 bits per heavy atom. The summed E-state index contributed by atoms with van der Waals surface area (Å²) >= 11 is 0. The molecule has 1 N–H and O–H groups in total. The molecule has 2 aromatic rings. The molecule has 1 aromatic carbocycles. The summed E-state index contributed by atoms with van der Waals surface area (Å²) in [7, 11) is 1.94. The molecule has 0 unspecified atom stereocenters. The Kier molecular flexibility index (Phi) is 6.84. The molecule has 0 aliphatic carbocycles. The number of halogens is 2. The number of hydroxylamine groups is 2. The number of alkyl halides is 2. The summed E-state index contributed by atoms with van der Waals surface area (Å²) in [6.07, 6.45) is -1.21. The van der Waals surface area contributed by atoms with E-state index in [9.17, 15) is 13.6 Å². The fourth-order valence-corrected chi connectivity index (χ4v) is 3.84. The van der Waals surface area contributed by atoms with Crippen LogP contribution in [0.15, 0.2) is 30.6 Å². The monoisotopic (exact) mass is 493 g/mol. The van der Waals surface area contributed by atoms with Crippen molar-refractivity contribution in [3.05, 3.63) is 30.6 Å². The molecular weight excluding hydrogens is 464 g/mol. The van der Waals surface area contributed by atoms with Crippen LogP contribution in [-0.2, 0) is 9.57 Å². The third-order valence-electron chi connectivity index (χ3n) is 5.42. The molecule has 0 bridgehead atoms. The third-order valence-corrected chi connectivity index (χ3v) is 5.42. The molecule has 0 saturated carbocycles. The molecule has 1 saturated heterocycles. The molecule has 0 amide bonds. The van der Waals surface area contributed by atoms with Gasteiger partial charge in [0.05, 0.1) is 0 Å². The van der Waals surface area contributed by atoms with Crippen molar-refractivity contribution in [1.29, 1.82) is 0 Å². The molecule has 0 radical (unpaired) electrons. The van der Waals surface area contributed by atoms with Crippen LogP contribution in [0.5, 0.6) is 11.5 Å². The maximum absolute atomic E-state index is 13.2. The predicted molar refractivity (Wildman–Crippen MR) is 123 cm³/mol. The van der Waals surface area contributed by atoms with E-state index < -0.39 is 18.1 Å². The number of benzene rings is 1. The van der Waals surface area contributed by atoms with Gasteiger partial charge in [-0.25, -0.2) is 14.8 Å². The van der Waals surface area contributed by atoms with Crippen LogP contribution in [0.1, 0.15) is 33.6 Å². The van der Waals surface area contributed by atoms with E-state index >= 15 is 0 Å². The van der Waals surface area contributed by atoms with Gasteiger partial charge in [-0.3, -0.25) is 0 Å². The first-order valence-corrected chi connectivity index (χ1v) is 11.3. The van der Waals surface area contributed by atoms with E-state index in [0.29, 0.717) is 36.3 Å². The lowest BCUT2D eigenvalue weighted by molar-refractivity contribution is -0.286. The van der Waals surface area contributed by atoms with Crippen LogP contribution in [-0.4, -0.2) is 59.8 Å². The Labute approximate surface area is 202 Å². The highest BCUT2D eigenvalue weighted by Crippen LogP contribution is 2.42. The Hall–Kier alpha value is -3.41. The highest BCUT2D eigenvalue weighted by molar-refractivity contribution is 5.63. The van der Waals surface area contributed by atoms with E-state index in [4.69, 9.17) is 9.57 Å². The summed E-state index contributed by atoms with van der Waals surface area (Å²) in [5, 5.41) is 4.71. The van der Waals surface area contributed by atoms with Crippen molar-refractivity contribution in [2.24, 2.45) is 5.92 Å². The minimum absolute atomic E-state index is 0.0220. The van der Waals surface area contributed by atoms with Crippen LogP contribution in [0.2, 0.25) is 0 Å². The quantitative estimate of drug-likeness (QED) is 0.577. The molecular formula is C23H29F2N5O5. The van der Waals surface area contributed by atoms with Gasteiger partial charge in [0, 0.05) is 44.5 Å². The maximum Gasteiger partial charge on any atom is 0.586 e. The van der Waals surface area contributed by atoms with E-state index in [1.54, 1.807) is 38.0 Å². The zero-order valence-electron chi connectivity index (χ0n) is 20.1. The number of hydrogen-bond acceptors (Lipinski definition) is 10. The fraction of sp³-hybridized carbons (Fsp3) is 0.522. The molecule has 2 aliphatic heterocycles. The SMILES string of the molecule is CN(CC1CCN(OC(=O)OC(C)(C)C)CC1)c1cc(Nc2ccc3c(c2)OC(F)(F)O3)ncn1. The van der Waals surface area contributed by atoms with E-state index in [-0.39, 0.29) is 11.5 Å². The van der Waals surface area contributed by atoms with E-state index in [1.165, 1.54) is 18.5 Å². The van der Waals surface area contributed by atoms with Gasteiger partial charge in [0.1, 0.15) is 23.6 Å². The summed E-state index contributed by atoms with van der Waals surface area (Å²) in [5.41, 5.74) is -0.0736. The van der Waals surface area contributed by atoms with Crippen molar-refractivity contribution >= 4 is 23.5 Å². The van der Waals surface area contributed by atoms with Gasteiger partial charge in [-0.05, 0) is 51.7 Å². The van der Waals surface area contributed by atoms with E-state index in [2.05, 4.69) is 24.8 Å². The van der Waals surface area contributed by atoms with Gasteiger partial charge in [-0.2, -0.15) is 0 Å². The molecule has 35 heavy (non-hydrogen) atoms. The van der Waals surface area contributed by atoms with Crippen LogP contribution >= 0.6 is 0 Å². The molecule has 0 atom stereocenters. The standard InChI is InChI=1S/C23H29F2N5O5/c1-22(2,3)34-21(31)35-30-9-7-15(8-10-30)13-29(4)20-12-19(26-14-27-20)28-16-5-6-17-18(11-16)33-23(24,25)32-17/h5-6,11-12,14-15H,7-10,13H2,1-4H3,(H,26,27,28). The second-order valence-corrected chi connectivity index (χ2v) is 9.52. The van der Waals surface area contributed by atoms with Crippen molar-refractivity contribution in [1.82, 2.24) is 15.0 Å². The second-order valence-electron chi connectivity index (χ2n) is 9.52. The van der Waals surface area contributed by atoms with E-state index in [0.717, 1.165) is 19.4 Å². The first-order valence-electron chi connectivity index (χ1n) is 11.3. The highest BCUT2D eigenvalue weighted by Gasteiger charge is 2.43. The number of rotatable bonds is 6. The maximum atomic E-state index is 13.2. The number of ether oxygens (including phenoxy) is 3. The van der Waals surface area contributed by atoms with Crippen LogP contribution in [0, 0.1) is 5.92 Å². The minimum Gasteiger partial charge on any atom is -0.427 e. The molecule has 4 rings (SSSR count). The molecule has 1 aromatic heterocycles. The highest BCUT2D eigenvalue weighted by atomic mass is 19.3. The van der Waals surface area contributed by atoms with Gasteiger partial charge in [-0.15, -0.1) is 13.8 Å². The number of nitrogens with zero attached hydrogens (tertiary/aromatic N) is 4. The normalized spacial score (nSPS) is 17.7. The molecule has 1 fully saturated rings. The average Bonchev–Trinajstić information content (AvgIpc) is 3.07. The van der Waals surface area contributed by atoms with Crippen LogP contribution in [0.25, 0.3) is 0 Å². The van der Waals surface area contributed by atoms with Crippen molar-refractivity contribution in [3.63, 3.8) is 0 Å². The van der Waals surface area contributed by atoms with Crippen LogP contribution in [0.3, 0.4) is 0 Å². The third kappa shape index (κ3) is 6.81. The van der Waals surface area contributed by atoms with Gasteiger partial charge >= 0.3 is 12.5 Å². The minimum atomic E-state index is -3.66. The second kappa shape index (κ2) is 9.68.